The van der Waals surface area contributed by atoms with E-state index in [0.717, 1.165) is 6.07 Å². The Kier molecular flexibility index (Phi) is 4.91. The summed E-state index contributed by atoms with van der Waals surface area (Å²) in [4.78, 5) is 26.4. The predicted molar refractivity (Wildman–Crippen MR) is 108 cm³/mol. The van der Waals surface area contributed by atoms with Crippen molar-refractivity contribution in [1.29, 1.82) is 0 Å². The number of Topliss-reactive ketones (excluding diaryl/α,β-unsaturated/α-hetero) is 1. The fourth-order valence-electron chi connectivity index (χ4n) is 4.34. The molecule has 0 saturated carbocycles. The highest BCUT2D eigenvalue weighted by atomic mass is 19.4. The van der Waals surface area contributed by atoms with Gasteiger partial charge in [0.25, 0.3) is 0 Å². The average Bonchev–Trinajstić information content (AvgIpc) is 2.80. The van der Waals surface area contributed by atoms with Gasteiger partial charge >= 0.3 is 12.1 Å². The van der Waals surface area contributed by atoms with Gasteiger partial charge in [0, 0.05) is 23.3 Å². The van der Waals surface area contributed by atoms with Gasteiger partial charge in [-0.2, -0.15) is 13.2 Å². The van der Waals surface area contributed by atoms with E-state index >= 15 is 0 Å². The van der Waals surface area contributed by atoms with Crippen molar-refractivity contribution in [3.63, 3.8) is 0 Å². The second kappa shape index (κ2) is 7.21. The first-order valence-electron chi connectivity index (χ1n) is 9.77. The number of anilines is 2. The van der Waals surface area contributed by atoms with Crippen molar-refractivity contribution >= 4 is 23.1 Å². The fourth-order valence-corrected chi connectivity index (χ4v) is 4.34. The number of carbonyl (C=O) groups excluding carboxylic acids is 2. The number of ketones is 1. The molecule has 162 valence electrons. The minimum atomic E-state index is -5.22. The zero-order valence-electron chi connectivity index (χ0n) is 16.9. The van der Waals surface area contributed by atoms with Crippen molar-refractivity contribution in [2.75, 3.05) is 10.2 Å². The maximum atomic E-state index is 14.9. The van der Waals surface area contributed by atoms with Crippen LogP contribution in [0, 0.1) is 11.2 Å². The molecule has 2 aromatic carbocycles. The second-order valence-electron chi connectivity index (χ2n) is 8.57. The molecule has 1 heterocycles. The number of nitrogens with zero attached hydrogens (tertiary/aromatic N) is 1. The predicted octanol–water partition coefficient (Wildman–Crippen LogP) is 5.53. The van der Waals surface area contributed by atoms with Gasteiger partial charge in [-0.25, -0.2) is 4.39 Å². The van der Waals surface area contributed by atoms with Crippen molar-refractivity contribution in [3.05, 3.63) is 71.2 Å². The van der Waals surface area contributed by atoms with Crippen LogP contribution in [-0.4, -0.2) is 17.9 Å². The number of hydrogen-bond acceptors (Lipinski definition) is 3. The molecule has 2 aromatic rings. The van der Waals surface area contributed by atoms with Crippen LogP contribution in [0.25, 0.3) is 0 Å². The lowest BCUT2D eigenvalue weighted by molar-refractivity contribution is -0.170. The van der Waals surface area contributed by atoms with Crippen LogP contribution < -0.4 is 10.2 Å². The molecule has 0 spiro atoms. The summed E-state index contributed by atoms with van der Waals surface area (Å²) in [5.74, 6) is -3.38. The summed E-state index contributed by atoms with van der Waals surface area (Å²) in [7, 11) is 0. The van der Waals surface area contributed by atoms with Crippen LogP contribution in [0.1, 0.15) is 38.3 Å². The molecule has 8 heteroatoms. The Labute approximate surface area is 176 Å². The summed E-state index contributed by atoms with van der Waals surface area (Å²) in [5, 5.41) is 3.08. The lowest BCUT2D eigenvalue weighted by atomic mass is 9.73. The summed E-state index contributed by atoms with van der Waals surface area (Å²) < 4.78 is 55.9. The van der Waals surface area contributed by atoms with Crippen LogP contribution >= 0.6 is 0 Å². The Morgan fingerprint density at radius 3 is 2.39 bits per heavy atom. The standard InChI is InChI=1S/C23H20F4N2O2/c1-22(2)11-16-19(18(30)12-22)20(13-7-3-4-8-14(13)24)29(21(31)23(25,26)27)17-10-6-5-9-15(17)28-16/h3-10,20,28H,11-12H2,1-2H3/t20-/m0/s1. The molecule has 0 bridgehead atoms. The quantitative estimate of drug-likeness (QED) is 0.603. The third-order valence-electron chi connectivity index (χ3n) is 5.56. The van der Waals surface area contributed by atoms with Crippen molar-refractivity contribution in [1.82, 2.24) is 0 Å². The zero-order chi connectivity index (χ0) is 22.6. The molecule has 1 N–H and O–H groups in total. The first-order chi connectivity index (χ1) is 14.5. The fraction of sp³-hybridized carbons (Fsp3) is 0.304. The molecule has 0 saturated heterocycles. The molecule has 31 heavy (non-hydrogen) atoms. The van der Waals surface area contributed by atoms with Gasteiger partial charge in [0.05, 0.1) is 17.4 Å². The summed E-state index contributed by atoms with van der Waals surface area (Å²) in [6.07, 6.45) is -4.79. The van der Waals surface area contributed by atoms with E-state index in [2.05, 4.69) is 5.32 Å². The first kappa shape index (κ1) is 21.1. The summed E-state index contributed by atoms with van der Waals surface area (Å²) >= 11 is 0. The highest BCUT2D eigenvalue weighted by Gasteiger charge is 2.50. The van der Waals surface area contributed by atoms with E-state index in [1.165, 1.54) is 36.4 Å². The highest BCUT2D eigenvalue weighted by Crippen LogP contribution is 2.49. The Hall–Kier alpha value is -3.16. The number of benzene rings is 2. The SMILES string of the molecule is CC1(C)CC(=O)C2=C(C1)Nc1ccccc1N(C(=O)C(F)(F)F)[C@H]2c1ccccc1F. The molecular weight excluding hydrogens is 412 g/mol. The first-order valence-corrected chi connectivity index (χ1v) is 9.77. The summed E-state index contributed by atoms with van der Waals surface area (Å²) in [6, 6.07) is 9.73. The second-order valence-corrected chi connectivity index (χ2v) is 8.57. The number of hydrogen-bond donors (Lipinski definition) is 1. The molecule has 1 aliphatic heterocycles. The number of rotatable bonds is 1. The van der Waals surface area contributed by atoms with Gasteiger partial charge in [-0.05, 0) is 30.0 Å². The molecule has 0 fully saturated rings. The van der Waals surface area contributed by atoms with Gasteiger partial charge in [0.2, 0.25) is 0 Å². The van der Waals surface area contributed by atoms with Crippen LogP contribution in [0.5, 0.6) is 0 Å². The van der Waals surface area contributed by atoms with Crippen molar-refractivity contribution < 1.29 is 27.2 Å². The van der Waals surface area contributed by atoms with Crippen LogP contribution in [0.4, 0.5) is 28.9 Å². The van der Waals surface area contributed by atoms with E-state index < -0.39 is 35.1 Å². The minimum Gasteiger partial charge on any atom is -0.357 e. The molecular formula is C23H20F4N2O2. The van der Waals surface area contributed by atoms with Gasteiger partial charge in [-0.15, -0.1) is 0 Å². The molecule has 4 rings (SSSR count). The largest absolute Gasteiger partial charge is 0.471 e. The number of para-hydroxylation sites is 2. The Balaban J connectivity index is 2.06. The Bertz CT molecular complexity index is 1100. The monoisotopic (exact) mass is 432 g/mol. The van der Waals surface area contributed by atoms with Crippen LogP contribution in [0.15, 0.2) is 59.8 Å². The van der Waals surface area contributed by atoms with Gasteiger partial charge in [-0.3, -0.25) is 14.5 Å². The summed E-state index contributed by atoms with van der Waals surface area (Å²) in [5.41, 5.74) is -0.0484. The normalized spacial score (nSPS) is 20.5. The van der Waals surface area contributed by atoms with Gasteiger partial charge in [0.1, 0.15) is 5.82 Å². The molecule has 1 atom stereocenters. The van der Waals surface area contributed by atoms with Crippen LogP contribution in [-0.2, 0) is 9.59 Å². The maximum Gasteiger partial charge on any atom is 0.471 e. The van der Waals surface area contributed by atoms with Crippen molar-refractivity contribution in [3.8, 4) is 0 Å². The van der Waals surface area contributed by atoms with E-state index in [9.17, 15) is 27.2 Å². The number of carbonyl (C=O) groups is 2. The molecule has 0 unspecified atom stereocenters. The average molecular weight is 432 g/mol. The minimum absolute atomic E-state index is 0.0155. The smallest absolute Gasteiger partial charge is 0.357 e. The number of alkyl halides is 3. The van der Waals surface area contributed by atoms with E-state index in [4.69, 9.17) is 0 Å². The molecule has 0 radical (unpaired) electrons. The third-order valence-corrected chi connectivity index (χ3v) is 5.56. The van der Waals surface area contributed by atoms with Crippen molar-refractivity contribution in [2.45, 2.75) is 38.9 Å². The van der Waals surface area contributed by atoms with Gasteiger partial charge < -0.3 is 5.32 Å². The number of nitrogens with one attached hydrogen (secondary N) is 1. The van der Waals surface area contributed by atoms with E-state index in [1.807, 2.05) is 13.8 Å². The number of fused-ring (bicyclic) bond motifs is 1. The van der Waals surface area contributed by atoms with Crippen molar-refractivity contribution in [2.24, 2.45) is 5.41 Å². The highest BCUT2D eigenvalue weighted by molar-refractivity contribution is 6.07. The van der Waals surface area contributed by atoms with E-state index in [1.54, 1.807) is 6.07 Å². The molecule has 1 aliphatic carbocycles. The lowest BCUT2D eigenvalue weighted by Gasteiger charge is -2.37. The maximum absolute atomic E-state index is 14.9. The Morgan fingerprint density at radius 2 is 1.71 bits per heavy atom. The number of allylic oxidation sites excluding steroid dienone is 1. The molecule has 0 aromatic heterocycles. The zero-order valence-corrected chi connectivity index (χ0v) is 16.9. The molecule has 4 nitrogen and oxygen atoms in total. The lowest BCUT2D eigenvalue weighted by Crippen LogP contribution is -2.45. The topological polar surface area (TPSA) is 49.4 Å². The number of amides is 1. The van der Waals surface area contributed by atoms with Crippen LogP contribution in [0.3, 0.4) is 0 Å². The van der Waals surface area contributed by atoms with E-state index in [0.29, 0.717) is 17.0 Å². The molecule has 1 amide bonds. The molecule has 2 aliphatic rings. The van der Waals surface area contributed by atoms with Crippen LogP contribution in [0.2, 0.25) is 0 Å². The third kappa shape index (κ3) is 3.71. The Morgan fingerprint density at radius 1 is 1.06 bits per heavy atom. The van der Waals surface area contributed by atoms with E-state index in [-0.39, 0.29) is 28.9 Å². The summed E-state index contributed by atoms with van der Waals surface area (Å²) in [6.45, 7) is 3.76. The van der Waals surface area contributed by atoms with Gasteiger partial charge in [0.15, 0.2) is 5.78 Å². The number of halogens is 4. The van der Waals surface area contributed by atoms with Gasteiger partial charge in [-0.1, -0.05) is 44.2 Å².